The molecule has 2 amide bonds. The third-order valence-corrected chi connectivity index (χ3v) is 5.93. The van der Waals surface area contributed by atoms with Gasteiger partial charge >= 0.3 is 6.55 Å². The molecule has 0 aliphatic heterocycles. The van der Waals surface area contributed by atoms with Crippen LogP contribution in [0, 0.1) is 0 Å². The number of para-hydroxylation sites is 2. The zero-order valence-electron chi connectivity index (χ0n) is 18.8. The maximum atomic E-state index is 13.8. The van der Waals surface area contributed by atoms with Crippen molar-refractivity contribution in [3.8, 4) is 0 Å². The monoisotopic (exact) mass is 496 g/mol. The molecule has 0 saturated carbocycles. The first-order chi connectivity index (χ1) is 16.8. The minimum atomic E-state index is -2.82. The summed E-state index contributed by atoms with van der Waals surface area (Å²) in [7, 11) is 0. The molecule has 0 bridgehead atoms. The Labute approximate surface area is 205 Å². The molecular weight excluding hydrogens is 474 g/mol. The second-order valence-corrected chi connectivity index (χ2v) is 8.42. The number of amides is 2. The molecule has 0 aliphatic rings. The van der Waals surface area contributed by atoms with Crippen molar-refractivity contribution in [2.24, 2.45) is 0 Å². The number of imidazole rings is 1. The van der Waals surface area contributed by atoms with Crippen LogP contribution >= 0.6 is 11.6 Å². The normalized spacial score (nSPS) is 12.9. The summed E-state index contributed by atoms with van der Waals surface area (Å²) < 4.78 is 28.4. The van der Waals surface area contributed by atoms with Gasteiger partial charge in [0.15, 0.2) is 0 Å². The molecule has 35 heavy (non-hydrogen) atoms. The third kappa shape index (κ3) is 5.49. The average molecular weight is 497 g/mol. The first kappa shape index (κ1) is 24.3. The van der Waals surface area contributed by atoms with Gasteiger partial charge in [0.25, 0.3) is 5.91 Å². The molecule has 180 valence electrons. The lowest BCUT2D eigenvalue weighted by molar-refractivity contribution is -0.122. The SMILES string of the molecule is C[C@@H](NC(=O)C[C@@H](NC(=O)c1ccccc1Cl)c1ccccc1)c1nc2ccccc2n1C(F)F. The number of carbonyl (C=O) groups is 2. The Morgan fingerprint density at radius 3 is 2.31 bits per heavy atom. The van der Waals surface area contributed by atoms with E-state index in [1.165, 1.54) is 0 Å². The van der Waals surface area contributed by atoms with Crippen molar-refractivity contribution in [3.05, 3.63) is 101 Å². The van der Waals surface area contributed by atoms with Gasteiger partial charge in [0.1, 0.15) is 5.82 Å². The fourth-order valence-electron chi connectivity index (χ4n) is 3.94. The fraction of sp³-hybridized carbons (Fsp3) is 0.192. The van der Waals surface area contributed by atoms with Crippen LogP contribution in [0.5, 0.6) is 0 Å². The predicted molar refractivity (Wildman–Crippen MR) is 130 cm³/mol. The summed E-state index contributed by atoms with van der Waals surface area (Å²) >= 11 is 6.15. The van der Waals surface area contributed by atoms with Crippen LogP contribution in [0.1, 0.15) is 53.7 Å². The molecule has 0 saturated heterocycles. The first-order valence-electron chi connectivity index (χ1n) is 11.0. The van der Waals surface area contributed by atoms with Crippen LogP contribution in [-0.4, -0.2) is 21.4 Å². The predicted octanol–water partition coefficient (Wildman–Crippen LogP) is 5.82. The molecular formula is C26H23ClF2N4O2. The van der Waals surface area contributed by atoms with Crippen molar-refractivity contribution in [1.29, 1.82) is 0 Å². The van der Waals surface area contributed by atoms with Crippen LogP contribution in [0.4, 0.5) is 8.78 Å². The number of aromatic nitrogens is 2. The highest BCUT2D eigenvalue weighted by Gasteiger charge is 2.25. The smallest absolute Gasteiger partial charge is 0.320 e. The Balaban J connectivity index is 1.54. The standard InChI is InChI=1S/C26H23ClF2N4O2/c1-16(24-31-20-13-7-8-14-22(20)33(24)26(28)29)30-23(34)15-21(17-9-3-2-4-10-17)32-25(35)18-11-5-6-12-19(18)27/h2-14,16,21,26H,15H2,1H3,(H,30,34)(H,32,35)/t16-,21-/m1/s1. The second-order valence-electron chi connectivity index (χ2n) is 8.02. The van der Waals surface area contributed by atoms with Gasteiger partial charge in [-0.1, -0.05) is 66.2 Å². The molecule has 0 spiro atoms. The van der Waals surface area contributed by atoms with Gasteiger partial charge in [0, 0.05) is 0 Å². The van der Waals surface area contributed by atoms with Crippen LogP contribution < -0.4 is 10.6 Å². The molecule has 3 aromatic carbocycles. The average Bonchev–Trinajstić information content (AvgIpc) is 3.24. The second kappa shape index (κ2) is 10.7. The van der Waals surface area contributed by atoms with Crippen molar-refractivity contribution in [2.75, 3.05) is 0 Å². The van der Waals surface area contributed by atoms with Gasteiger partial charge in [-0.2, -0.15) is 8.78 Å². The topological polar surface area (TPSA) is 76.0 Å². The Bertz CT molecular complexity index is 1340. The van der Waals surface area contributed by atoms with Gasteiger partial charge < -0.3 is 10.6 Å². The van der Waals surface area contributed by atoms with E-state index in [-0.39, 0.29) is 23.3 Å². The summed E-state index contributed by atoms with van der Waals surface area (Å²) in [5.41, 5.74) is 1.70. The van der Waals surface area contributed by atoms with Crippen LogP contribution in [0.15, 0.2) is 78.9 Å². The largest absolute Gasteiger partial charge is 0.346 e. The molecule has 2 atom stereocenters. The third-order valence-electron chi connectivity index (χ3n) is 5.60. The van der Waals surface area contributed by atoms with Gasteiger partial charge in [-0.15, -0.1) is 0 Å². The van der Waals surface area contributed by atoms with Crippen molar-refractivity contribution in [1.82, 2.24) is 20.2 Å². The zero-order chi connectivity index (χ0) is 24.9. The van der Waals surface area contributed by atoms with E-state index in [9.17, 15) is 18.4 Å². The number of carbonyl (C=O) groups excluding carboxylic acids is 2. The molecule has 2 N–H and O–H groups in total. The highest BCUT2D eigenvalue weighted by Crippen LogP contribution is 2.27. The van der Waals surface area contributed by atoms with Crippen LogP contribution in [0.25, 0.3) is 11.0 Å². The molecule has 0 aliphatic carbocycles. The number of fused-ring (bicyclic) bond motifs is 1. The molecule has 1 aromatic heterocycles. The molecule has 0 radical (unpaired) electrons. The maximum absolute atomic E-state index is 13.8. The van der Waals surface area contributed by atoms with Gasteiger partial charge in [-0.05, 0) is 36.8 Å². The number of alkyl halides is 2. The number of benzene rings is 3. The lowest BCUT2D eigenvalue weighted by Crippen LogP contribution is -2.35. The number of hydrogen-bond donors (Lipinski definition) is 2. The van der Waals surface area contributed by atoms with Crippen LogP contribution in [0.2, 0.25) is 5.02 Å². The fourth-order valence-corrected chi connectivity index (χ4v) is 4.16. The van der Waals surface area contributed by atoms with E-state index in [0.717, 1.165) is 10.1 Å². The minimum Gasteiger partial charge on any atom is -0.346 e. The van der Waals surface area contributed by atoms with Crippen molar-refractivity contribution < 1.29 is 18.4 Å². The van der Waals surface area contributed by atoms with Gasteiger partial charge in [-0.25, -0.2) is 4.98 Å². The number of rotatable bonds is 8. The van der Waals surface area contributed by atoms with E-state index in [1.54, 1.807) is 79.7 Å². The van der Waals surface area contributed by atoms with Crippen LogP contribution in [0.3, 0.4) is 0 Å². The lowest BCUT2D eigenvalue weighted by Gasteiger charge is -2.21. The summed E-state index contributed by atoms with van der Waals surface area (Å²) in [4.78, 5) is 30.2. The molecule has 6 nitrogen and oxygen atoms in total. The highest BCUT2D eigenvalue weighted by atomic mass is 35.5. The number of hydrogen-bond acceptors (Lipinski definition) is 3. The number of nitrogens with zero attached hydrogens (tertiary/aromatic N) is 2. The molecule has 0 unspecified atom stereocenters. The highest BCUT2D eigenvalue weighted by molar-refractivity contribution is 6.33. The molecule has 9 heteroatoms. The molecule has 0 fully saturated rings. The summed E-state index contributed by atoms with van der Waals surface area (Å²) in [6, 6.07) is 20.7. The Hall–Kier alpha value is -3.78. The Morgan fingerprint density at radius 1 is 0.943 bits per heavy atom. The molecule has 1 heterocycles. The van der Waals surface area contributed by atoms with Gasteiger partial charge in [0.05, 0.1) is 40.1 Å². The summed E-state index contributed by atoms with van der Waals surface area (Å²) in [6.45, 7) is -1.22. The van der Waals surface area contributed by atoms with E-state index in [2.05, 4.69) is 15.6 Å². The van der Waals surface area contributed by atoms with E-state index in [1.807, 2.05) is 6.07 Å². The van der Waals surface area contributed by atoms with Crippen molar-refractivity contribution in [3.63, 3.8) is 0 Å². The zero-order valence-corrected chi connectivity index (χ0v) is 19.5. The van der Waals surface area contributed by atoms with Crippen molar-refractivity contribution in [2.45, 2.75) is 32.0 Å². The number of nitrogens with one attached hydrogen (secondary N) is 2. The lowest BCUT2D eigenvalue weighted by atomic mass is 10.0. The summed E-state index contributed by atoms with van der Waals surface area (Å²) in [5, 5.41) is 5.90. The first-order valence-corrected chi connectivity index (χ1v) is 11.4. The van der Waals surface area contributed by atoms with E-state index in [0.29, 0.717) is 10.5 Å². The number of halogens is 3. The van der Waals surface area contributed by atoms with Crippen molar-refractivity contribution >= 4 is 34.4 Å². The Kier molecular flexibility index (Phi) is 7.41. The van der Waals surface area contributed by atoms with E-state index < -0.39 is 30.4 Å². The Morgan fingerprint density at radius 2 is 1.60 bits per heavy atom. The minimum absolute atomic E-state index is 0.0471. The van der Waals surface area contributed by atoms with Gasteiger partial charge in [-0.3, -0.25) is 14.2 Å². The van der Waals surface area contributed by atoms with Crippen LogP contribution in [-0.2, 0) is 4.79 Å². The van der Waals surface area contributed by atoms with Gasteiger partial charge in [0.2, 0.25) is 5.91 Å². The summed E-state index contributed by atoms with van der Waals surface area (Å²) in [5.74, 6) is -0.811. The quantitative estimate of drug-likeness (QED) is 0.322. The maximum Gasteiger partial charge on any atom is 0.320 e. The van der Waals surface area contributed by atoms with E-state index >= 15 is 0 Å². The van der Waals surface area contributed by atoms with E-state index in [4.69, 9.17) is 11.6 Å². The molecule has 4 rings (SSSR count). The molecule has 4 aromatic rings. The summed E-state index contributed by atoms with van der Waals surface area (Å²) in [6.07, 6.45) is -0.112.